The molecule has 4 heteroatoms. The van der Waals surface area contributed by atoms with Gasteiger partial charge in [0.1, 0.15) is 6.42 Å². The fraction of sp³-hybridized carbons (Fsp3) is 0.222. The van der Waals surface area contributed by atoms with Gasteiger partial charge in [0.05, 0.1) is 0 Å². The van der Waals surface area contributed by atoms with Crippen LogP contribution in [0, 0.1) is 0 Å². The van der Waals surface area contributed by atoms with Crippen LogP contribution in [0.4, 0.5) is 0 Å². The molecule has 0 aliphatic carbocycles. The van der Waals surface area contributed by atoms with Crippen LogP contribution >= 0.6 is 0 Å². The van der Waals surface area contributed by atoms with Gasteiger partial charge in [-0.15, -0.1) is 0 Å². The molecule has 0 saturated heterocycles. The molecule has 4 nitrogen and oxygen atoms in total. The molecule has 0 atom stereocenters. The second-order valence-electron chi connectivity index (χ2n) is 2.71. The van der Waals surface area contributed by atoms with Gasteiger partial charge in [0.15, 0.2) is 11.5 Å². The minimum Gasteiger partial charge on any atom is -0.481 e. The quantitative estimate of drug-likeness (QED) is 0.744. The van der Waals surface area contributed by atoms with Crippen molar-refractivity contribution < 1.29 is 19.4 Å². The maximum atomic E-state index is 10.3. The first kappa shape index (κ1) is 7.91. The highest BCUT2D eigenvalue weighted by Gasteiger charge is 2.25. The van der Waals surface area contributed by atoms with E-state index in [1.165, 1.54) is 0 Å². The number of hydrogen-bond donors (Lipinski definition) is 1. The van der Waals surface area contributed by atoms with E-state index in [1.807, 2.05) is 12.1 Å². The maximum Gasteiger partial charge on any atom is 0.310 e. The van der Waals surface area contributed by atoms with Crippen LogP contribution < -0.4 is 9.47 Å². The second kappa shape index (κ2) is 2.97. The summed E-state index contributed by atoms with van der Waals surface area (Å²) in [5.74, 6) is 0.278. The summed E-state index contributed by atoms with van der Waals surface area (Å²) in [6.07, 6.45) is -0.829. The molecular formula is C9H8O4. The Morgan fingerprint density at radius 2 is 1.85 bits per heavy atom. The highest BCUT2D eigenvalue weighted by Crippen LogP contribution is 2.34. The van der Waals surface area contributed by atoms with E-state index in [0.29, 0.717) is 11.5 Å². The lowest BCUT2D eigenvalue weighted by molar-refractivity contribution is -0.141. The van der Waals surface area contributed by atoms with Crippen LogP contribution in [-0.2, 0) is 4.79 Å². The van der Waals surface area contributed by atoms with Crippen LogP contribution in [0.5, 0.6) is 11.5 Å². The van der Waals surface area contributed by atoms with E-state index >= 15 is 0 Å². The Labute approximate surface area is 74.7 Å². The lowest BCUT2D eigenvalue weighted by atomic mass is 10.3. The minimum atomic E-state index is -0.933. The van der Waals surface area contributed by atoms with Crippen molar-refractivity contribution in [1.29, 1.82) is 0 Å². The number of hydrogen-bond acceptors (Lipinski definition) is 3. The zero-order valence-corrected chi connectivity index (χ0v) is 6.77. The van der Waals surface area contributed by atoms with Crippen molar-refractivity contribution >= 4 is 5.97 Å². The molecule has 0 aromatic heterocycles. The fourth-order valence-corrected chi connectivity index (χ4v) is 1.18. The highest BCUT2D eigenvalue weighted by atomic mass is 16.7. The minimum absolute atomic E-state index is 0.144. The molecule has 0 amide bonds. The average molecular weight is 180 g/mol. The van der Waals surface area contributed by atoms with Crippen molar-refractivity contribution in [1.82, 2.24) is 0 Å². The first-order valence-electron chi connectivity index (χ1n) is 3.90. The number of rotatable bonds is 2. The Morgan fingerprint density at radius 1 is 1.31 bits per heavy atom. The van der Waals surface area contributed by atoms with E-state index in [4.69, 9.17) is 14.6 Å². The molecule has 0 radical (unpaired) electrons. The number of carboxylic acid groups (broad SMARTS) is 1. The number of carbonyl (C=O) groups is 1. The molecule has 0 bridgehead atoms. The van der Waals surface area contributed by atoms with Gasteiger partial charge in [0, 0.05) is 0 Å². The van der Waals surface area contributed by atoms with Crippen molar-refractivity contribution in [3.8, 4) is 11.5 Å². The Balaban J connectivity index is 2.09. The molecule has 0 spiro atoms. The number of benzene rings is 1. The van der Waals surface area contributed by atoms with Gasteiger partial charge in [-0.2, -0.15) is 0 Å². The van der Waals surface area contributed by atoms with Crippen molar-refractivity contribution in [2.75, 3.05) is 0 Å². The highest BCUT2D eigenvalue weighted by molar-refractivity contribution is 5.67. The molecule has 0 fully saturated rings. The van der Waals surface area contributed by atoms with E-state index in [9.17, 15) is 4.79 Å². The van der Waals surface area contributed by atoms with Crippen LogP contribution in [-0.4, -0.2) is 17.4 Å². The van der Waals surface area contributed by atoms with Crippen LogP contribution in [0.15, 0.2) is 24.3 Å². The molecule has 1 aromatic carbocycles. The van der Waals surface area contributed by atoms with E-state index in [2.05, 4.69) is 0 Å². The molecule has 1 aliphatic heterocycles. The second-order valence-corrected chi connectivity index (χ2v) is 2.71. The number of para-hydroxylation sites is 2. The zero-order chi connectivity index (χ0) is 9.26. The van der Waals surface area contributed by atoms with Crippen molar-refractivity contribution in [2.24, 2.45) is 0 Å². The van der Waals surface area contributed by atoms with E-state index in [0.717, 1.165) is 0 Å². The number of carboxylic acids is 1. The summed E-state index contributed by atoms with van der Waals surface area (Å²) in [6, 6.07) is 7.12. The Bertz CT molecular complexity index is 309. The molecule has 0 unspecified atom stereocenters. The monoisotopic (exact) mass is 180 g/mol. The molecule has 1 aliphatic rings. The number of aliphatic carboxylic acids is 1. The normalized spacial score (nSPS) is 14.5. The van der Waals surface area contributed by atoms with Gasteiger partial charge in [-0.3, -0.25) is 4.79 Å². The third-order valence-electron chi connectivity index (χ3n) is 1.71. The van der Waals surface area contributed by atoms with Gasteiger partial charge < -0.3 is 14.6 Å². The van der Waals surface area contributed by atoms with Gasteiger partial charge in [0.2, 0.25) is 0 Å². The van der Waals surface area contributed by atoms with Crippen LogP contribution in [0.25, 0.3) is 0 Å². The standard InChI is InChI=1S/C9H8O4/c10-8(11)5-9-12-6-3-1-2-4-7(6)13-9/h1-4,9H,5H2,(H,10,11). The lowest BCUT2D eigenvalue weighted by Crippen LogP contribution is -2.21. The first-order valence-corrected chi connectivity index (χ1v) is 3.90. The smallest absolute Gasteiger partial charge is 0.310 e. The maximum absolute atomic E-state index is 10.3. The van der Waals surface area contributed by atoms with E-state index < -0.39 is 12.3 Å². The van der Waals surface area contributed by atoms with Crippen molar-refractivity contribution in [3.63, 3.8) is 0 Å². The Kier molecular flexibility index (Phi) is 1.81. The molecule has 0 saturated carbocycles. The number of ether oxygens (including phenoxy) is 2. The predicted molar refractivity (Wildman–Crippen MR) is 43.7 cm³/mol. The Hall–Kier alpha value is -1.71. The first-order chi connectivity index (χ1) is 6.25. The summed E-state index contributed by atoms with van der Waals surface area (Å²) in [6.45, 7) is 0. The summed E-state index contributed by atoms with van der Waals surface area (Å²) >= 11 is 0. The molecular weight excluding hydrogens is 172 g/mol. The summed E-state index contributed by atoms with van der Waals surface area (Å²) in [4.78, 5) is 10.3. The topological polar surface area (TPSA) is 55.8 Å². The Morgan fingerprint density at radius 3 is 2.31 bits per heavy atom. The zero-order valence-electron chi connectivity index (χ0n) is 6.77. The van der Waals surface area contributed by atoms with Crippen LogP contribution in [0.2, 0.25) is 0 Å². The molecule has 1 N–H and O–H groups in total. The third-order valence-corrected chi connectivity index (χ3v) is 1.71. The summed E-state index contributed by atoms with van der Waals surface area (Å²) in [7, 11) is 0. The number of fused-ring (bicyclic) bond motifs is 1. The summed E-state index contributed by atoms with van der Waals surface area (Å²) in [5.41, 5.74) is 0. The fourth-order valence-electron chi connectivity index (χ4n) is 1.18. The molecule has 1 aromatic rings. The van der Waals surface area contributed by atoms with Crippen LogP contribution in [0.3, 0.4) is 0 Å². The third kappa shape index (κ3) is 1.56. The molecule has 68 valence electrons. The molecule has 2 rings (SSSR count). The largest absolute Gasteiger partial charge is 0.481 e. The summed E-state index contributed by atoms with van der Waals surface area (Å²) in [5, 5.41) is 8.49. The van der Waals surface area contributed by atoms with Gasteiger partial charge in [0.25, 0.3) is 6.29 Å². The molecule has 13 heavy (non-hydrogen) atoms. The van der Waals surface area contributed by atoms with E-state index in [-0.39, 0.29) is 6.42 Å². The average Bonchev–Trinajstić information content (AvgIpc) is 2.44. The van der Waals surface area contributed by atoms with Gasteiger partial charge in [-0.25, -0.2) is 0 Å². The lowest BCUT2D eigenvalue weighted by Gasteiger charge is -2.05. The van der Waals surface area contributed by atoms with Crippen molar-refractivity contribution in [3.05, 3.63) is 24.3 Å². The van der Waals surface area contributed by atoms with Crippen molar-refractivity contribution in [2.45, 2.75) is 12.7 Å². The van der Waals surface area contributed by atoms with E-state index in [1.54, 1.807) is 12.1 Å². The van der Waals surface area contributed by atoms with Crippen LogP contribution in [0.1, 0.15) is 6.42 Å². The van der Waals surface area contributed by atoms with Gasteiger partial charge >= 0.3 is 5.97 Å². The molecule has 1 heterocycles. The summed E-state index contributed by atoms with van der Waals surface area (Å²) < 4.78 is 10.4. The predicted octanol–water partition coefficient (Wildman–Crippen LogP) is 1.26. The van der Waals surface area contributed by atoms with Gasteiger partial charge in [-0.1, -0.05) is 12.1 Å². The SMILES string of the molecule is O=C(O)CC1Oc2ccccc2O1. The van der Waals surface area contributed by atoms with Gasteiger partial charge in [-0.05, 0) is 12.1 Å².